The van der Waals surface area contributed by atoms with Gasteiger partial charge in [0.2, 0.25) is 23.6 Å². The normalized spacial score (nSPS) is 17.6. The number of carbonyl (C=O) groups excluding carboxylic acids is 9. The summed E-state index contributed by atoms with van der Waals surface area (Å²) in [6.45, 7) is 1.43. The van der Waals surface area contributed by atoms with E-state index in [1.54, 1.807) is 42.5 Å². The smallest absolute Gasteiger partial charge is 0.262 e. The molecule has 2 atom stereocenters. The number of Topliss-reactive ketones (excluding diaryl/α,β-unsaturated/α-hetero) is 1. The van der Waals surface area contributed by atoms with Crippen LogP contribution in [0, 0.1) is 21.0 Å². The number of ether oxygens (including phenoxy) is 1. The van der Waals surface area contributed by atoms with E-state index in [0.29, 0.717) is 72.0 Å². The van der Waals surface area contributed by atoms with Crippen molar-refractivity contribution in [3.8, 4) is 0 Å². The van der Waals surface area contributed by atoms with Crippen LogP contribution in [0.5, 0.6) is 0 Å². The molecule has 4 heterocycles. The van der Waals surface area contributed by atoms with Crippen LogP contribution in [0.15, 0.2) is 66.7 Å². The predicted molar refractivity (Wildman–Crippen MR) is 253 cm³/mol. The van der Waals surface area contributed by atoms with E-state index in [-0.39, 0.29) is 60.6 Å². The summed E-state index contributed by atoms with van der Waals surface area (Å²) in [5, 5.41) is 10.1. The van der Waals surface area contributed by atoms with Gasteiger partial charge in [0, 0.05) is 28.6 Å². The molecule has 4 aliphatic rings. The van der Waals surface area contributed by atoms with Crippen molar-refractivity contribution in [1.29, 1.82) is 0 Å². The quantitative estimate of drug-likeness (QED) is 0.0395. The molecule has 8 amide bonds. The molecule has 0 bridgehead atoms. The fraction of sp³-hybridized carbons (Fsp3) is 0.327. The minimum absolute atomic E-state index is 0.0486. The van der Waals surface area contributed by atoms with Crippen molar-refractivity contribution in [1.82, 2.24) is 25.8 Å². The van der Waals surface area contributed by atoms with Crippen molar-refractivity contribution < 1.29 is 61.1 Å². The van der Waals surface area contributed by atoms with E-state index in [1.165, 1.54) is 12.1 Å². The van der Waals surface area contributed by atoms with Crippen molar-refractivity contribution >= 4 is 87.0 Å². The van der Waals surface area contributed by atoms with E-state index < -0.39 is 89.0 Å². The van der Waals surface area contributed by atoms with E-state index in [2.05, 4.69) is 21.3 Å². The third-order valence-electron chi connectivity index (χ3n) is 12.0. The highest BCUT2D eigenvalue weighted by Gasteiger charge is 2.47. The molecular weight excluding hydrogens is 1030 g/mol. The molecular formula is C49H47F3IN7O10. The summed E-state index contributed by atoms with van der Waals surface area (Å²) in [5.74, 6) is -7.88. The average Bonchev–Trinajstić information content (AvgIpc) is 3.74. The molecule has 0 aliphatic carbocycles. The first-order valence-electron chi connectivity index (χ1n) is 22.5. The number of anilines is 2. The zero-order valence-corrected chi connectivity index (χ0v) is 39.6. The average molecular weight is 1080 g/mol. The van der Waals surface area contributed by atoms with Gasteiger partial charge in [0.1, 0.15) is 24.5 Å². The SMILES string of the molecule is NCCCc1cccc2c1C(=O)N(C1CCC(=O)NC1=O)C2=O.O=C1CCC(N2C(=O)c3cccc(CCCNCCCOCC(=O)c4ccc(F)c(F)c4Nc4ccc(I)cc4F)c3C2=O)C(=O)N1. The van der Waals surface area contributed by atoms with Crippen LogP contribution in [0.25, 0.3) is 0 Å². The number of nitrogens with one attached hydrogen (secondary N) is 4. The Kier molecular flexibility index (Phi) is 16.7. The first-order valence-corrected chi connectivity index (χ1v) is 23.6. The van der Waals surface area contributed by atoms with E-state index in [4.69, 9.17) is 10.5 Å². The standard InChI is InChI=1S/C33H30F3IN4O6.C16H17N3O4/c34-22-9-8-20(30(29(22)36)39-24-10-7-19(37)16-23(24)35)26(42)17-47-15-3-14-38-13-2-5-18-4-1-6-21-28(18)33(46)41(32(21)45)25-11-12-27(43)40-31(25)44;17-8-2-4-9-3-1-5-10-13(9)16(23)19(15(10)22)11-6-7-12(20)18-14(11)21/h1,4,6-10,16,25,38-39H,2-3,5,11-15,17H2,(H,40,43,44);1,3,5,11H,2,4,6-8,17H2,(H,18,20,21). The summed E-state index contributed by atoms with van der Waals surface area (Å²) in [5.41, 5.74) is 7.40. The summed E-state index contributed by atoms with van der Waals surface area (Å²) >= 11 is 1.91. The van der Waals surface area contributed by atoms with Crippen LogP contribution in [-0.2, 0) is 36.8 Å². The number of ketones is 1. The zero-order valence-electron chi connectivity index (χ0n) is 37.5. The topological polar surface area (TPSA) is 243 Å². The number of hydrogen-bond donors (Lipinski definition) is 5. The van der Waals surface area contributed by atoms with E-state index in [1.807, 2.05) is 22.6 Å². The van der Waals surface area contributed by atoms with Gasteiger partial charge in [0.25, 0.3) is 23.6 Å². The molecule has 2 fully saturated rings. The number of rotatable bonds is 18. The van der Waals surface area contributed by atoms with Crippen LogP contribution >= 0.6 is 22.6 Å². The number of nitrogens with two attached hydrogens (primary N) is 1. The van der Waals surface area contributed by atoms with Crippen molar-refractivity contribution in [2.45, 2.75) is 69.9 Å². The molecule has 4 aromatic carbocycles. The number of nitrogens with zero attached hydrogens (tertiary/aromatic N) is 2. The van der Waals surface area contributed by atoms with Crippen LogP contribution < -0.4 is 27.0 Å². The summed E-state index contributed by atoms with van der Waals surface area (Å²) in [6, 6.07) is 14.3. The van der Waals surface area contributed by atoms with Gasteiger partial charge in [-0.15, -0.1) is 0 Å². The van der Waals surface area contributed by atoms with Crippen LogP contribution in [0.1, 0.15) is 108 Å². The van der Waals surface area contributed by atoms with E-state index in [9.17, 15) is 56.3 Å². The number of amides is 8. The monoisotopic (exact) mass is 1080 g/mol. The van der Waals surface area contributed by atoms with E-state index in [0.717, 1.165) is 27.5 Å². The maximum absolute atomic E-state index is 14.6. The second kappa shape index (κ2) is 22.8. The number of halogens is 4. The summed E-state index contributed by atoms with van der Waals surface area (Å²) in [4.78, 5) is 113. The Hall–Kier alpha value is -6.69. The van der Waals surface area contributed by atoms with Gasteiger partial charge in [-0.3, -0.25) is 63.6 Å². The predicted octanol–water partition coefficient (Wildman–Crippen LogP) is 4.64. The lowest BCUT2D eigenvalue weighted by Crippen LogP contribution is -2.54. The van der Waals surface area contributed by atoms with Crippen molar-refractivity contribution in [2.75, 3.05) is 38.2 Å². The van der Waals surface area contributed by atoms with E-state index >= 15 is 0 Å². The highest BCUT2D eigenvalue weighted by molar-refractivity contribution is 14.1. The highest BCUT2D eigenvalue weighted by atomic mass is 127. The molecule has 0 saturated carbocycles. The fourth-order valence-electron chi connectivity index (χ4n) is 8.58. The lowest BCUT2D eigenvalue weighted by Gasteiger charge is -2.27. The Bertz CT molecular complexity index is 2810. The maximum Gasteiger partial charge on any atom is 0.262 e. The van der Waals surface area contributed by atoms with Crippen LogP contribution in [-0.4, -0.2) is 108 Å². The summed E-state index contributed by atoms with van der Waals surface area (Å²) < 4.78 is 49.0. The summed E-state index contributed by atoms with van der Waals surface area (Å²) in [7, 11) is 0. The van der Waals surface area contributed by atoms with Crippen molar-refractivity contribution in [2.24, 2.45) is 5.73 Å². The highest BCUT2D eigenvalue weighted by Crippen LogP contribution is 2.33. The molecule has 6 N–H and O–H groups in total. The molecule has 0 spiro atoms. The maximum atomic E-state index is 14.6. The number of imide groups is 4. The largest absolute Gasteiger partial charge is 0.373 e. The van der Waals surface area contributed by atoms with Gasteiger partial charge in [-0.05, 0) is 141 Å². The Morgan fingerprint density at radius 2 is 1.26 bits per heavy atom. The Morgan fingerprint density at radius 3 is 1.80 bits per heavy atom. The molecule has 8 rings (SSSR count). The molecule has 0 aromatic heterocycles. The van der Waals surface area contributed by atoms with Crippen LogP contribution in [0.3, 0.4) is 0 Å². The molecule has 17 nitrogen and oxygen atoms in total. The molecule has 70 heavy (non-hydrogen) atoms. The number of aryl methyl sites for hydroxylation is 2. The molecule has 0 radical (unpaired) electrons. The minimum atomic E-state index is -1.30. The third kappa shape index (κ3) is 11.2. The molecule has 2 unspecified atom stereocenters. The lowest BCUT2D eigenvalue weighted by atomic mass is 9.99. The van der Waals surface area contributed by atoms with Gasteiger partial charge in [-0.2, -0.15) is 0 Å². The van der Waals surface area contributed by atoms with Gasteiger partial charge in [-0.25, -0.2) is 13.2 Å². The Balaban J connectivity index is 0.000000261. The number of carbonyl (C=O) groups is 9. The Labute approximate surface area is 412 Å². The molecule has 21 heteroatoms. The second-order valence-corrected chi connectivity index (χ2v) is 17.9. The van der Waals surface area contributed by atoms with Crippen molar-refractivity contribution in [3.63, 3.8) is 0 Å². The van der Waals surface area contributed by atoms with Gasteiger partial charge in [0.15, 0.2) is 17.4 Å². The number of fused-ring (bicyclic) bond motifs is 2. The number of hydrogen-bond acceptors (Lipinski definition) is 13. The van der Waals surface area contributed by atoms with Gasteiger partial charge >= 0.3 is 0 Å². The van der Waals surface area contributed by atoms with Crippen LogP contribution in [0.4, 0.5) is 24.5 Å². The minimum Gasteiger partial charge on any atom is -0.373 e. The lowest BCUT2D eigenvalue weighted by molar-refractivity contribution is -0.137. The molecule has 366 valence electrons. The molecule has 2 saturated heterocycles. The first-order chi connectivity index (χ1) is 33.6. The zero-order chi connectivity index (χ0) is 50.2. The number of piperidine rings is 2. The Morgan fingerprint density at radius 1 is 0.700 bits per heavy atom. The van der Waals surface area contributed by atoms with Gasteiger partial charge < -0.3 is 21.1 Å². The third-order valence-corrected chi connectivity index (χ3v) is 12.7. The second-order valence-electron chi connectivity index (χ2n) is 16.7. The first kappa shape index (κ1) is 51.2. The van der Waals surface area contributed by atoms with Crippen molar-refractivity contribution in [3.05, 3.63) is 127 Å². The van der Waals surface area contributed by atoms with Gasteiger partial charge in [0.05, 0.1) is 33.6 Å². The van der Waals surface area contributed by atoms with Gasteiger partial charge in [-0.1, -0.05) is 24.3 Å². The fourth-order valence-corrected chi connectivity index (χ4v) is 9.03. The molecule has 4 aliphatic heterocycles. The number of benzene rings is 4. The van der Waals surface area contributed by atoms with Crippen LogP contribution in [0.2, 0.25) is 0 Å². The summed E-state index contributed by atoms with van der Waals surface area (Å²) in [6.07, 6.45) is 3.40. The molecule has 4 aromatic rings.